The van der Waals surface area contributed by atoms with E-state index in [1.54, 1.807) is 24.3 Å². The van der Waals surface area contributed by atoms with E-state index in [-0.39, 0.29) is 17.7 Å². The molecule has 3 rings (SSSR count). The van der Waals surface area contributed by atoms with E-state index in [1.165, 1.54) is 4.31 Å². The molecule has 2 fully saturated rings. The molecule has 1 aliphatic carbocycles. The summed E-state index contributed by atoms with van der Waals surface area (Å²) in [6.07, 6.45) is 5.14. The summed E-state index contributed by atoms with van der Waals surface area (Å²) >= 11 is 0. The number of nitrogens with zero attached hydrogens (tertiary/aromatic N) is 1. The Balaban J connectivity index is 1.62. The molecule has 1 heterocycles. The lowest BCUT2D eigenvalue weighted by Gasteiger charge is -2.32. The van der Waals surface area contributed by atoms with Crippen molar-refractivity contribution < 1.29 is 18.0 Å². The molecule has 25 heavy (non-hydrogen) atoms. The van der Waals surface area contributed by atoms with Crippen LogP contribution in [0.15, 0.2) is 24.3 Å². The molecule has 1 aromatic carbocycles. The first-order valence-corrected chi connectivity index (χ1v) is 10.4. The maximum Gasteiger partial charge on any atom is 0.242 e. The Bertz CT molecular complexity index is 757. The number of benzene rings is 1. The smallest absolute Gasteiger partial charge is 0.242 e. The van der Waals surface area contributed by atoms with E-state index in [0.29, 0.717) is 24.3 Å². The van der Waals surface area contributed by atoms with Crippen LogP contribution in [0, 0.1) is 5.92 Å². The van der Waals surface area contributed by atoms with E-state index in [1.807, 2.05) is 0 Å². The molecule has 0 radical (unpaired) electrons. The number of hydrogen-bond donors (Lipinski definition) is 2. The van der Waals surface area contributed by atoms with E-state index in [9.17, 15) is 18.0 Å². The van der Waals surface area contributed by atoms with Crippen molar-refractivity contribution in [1.29, 1.82) is 0 Å². The number of hydrogen-bond acceptors (Lipinski definition) is 4. The van der Waals surface area contributed by atoms with Crippen molar-refractivity contribution in [2.45, 2.75) is 38.1 Å². The maximum absolute atomic E-state index is 12.5. The predicted molar refractivity (Wildman–Crippen MR) is 95.6 cm³/mol. The van der Waals surface area contributed by atoms with Gasteiger partial charge in [0.25, 0.3) is 0 Å². The molecular formula is C17H23N3O4S. The summed E-state index contributed by atoms with van der Waals surface area (Å²) in [5.74, 6) is -0.157. The topological polar surface area (TPSA) is 95.6 Å². The number of piperidine rings is 1. The van der Waals surface area contributed by atoms with Crippen LogP contribution in [0.2, 0.25) is 0 Å². The third-order valence-corrected chi connectivity index (χ3v) is 5.84. The van der Waals surface area contributed by atoms with Crippen molar-refractivity contribution >= 4 is 33.2 Å². The van der Waals surface area contributed by atoms with Crippen molar-refractivity contribution in [2.24, 2.45) is 5.92 Å². The first-order valence-electron chi connectivity index (χ1n) is 8.53. The molecular weight excluding hydrogens is 342 g/mol. The quantitative estimate of drug-likeness (QED) is 0.831. The van der Waals surface area contributed by atoms with E-state index in [4.69, 9.17) is 0 Å². The standard InChI is InChI=1S/C17H23N3O4S/c1-25(23,24)20-11-3-2-4-15(20)17(22)19-14-9-7-13(8-10-14)18-16(21)12-5-6-12/h7-10,12,15H,2-6,11H2,1H3,(H,18,21)(H,19,22)/t15-/m1/s1. The van der Waals surface area contributed by atoms with Gasteiger partial charge in [0, 0.05) is 23.8 Å². The first kappa shape index (κ1) is 17.9. The number of carbonyl (C=O) groups excluding carboxylic acids is 2. The summed E-state index contributed by atoms with van der Waals surface area (Å²) in [4.78, 5) is 24.2. The van der Waals surface area contributed by atoms with E-state index >= 15 is 0 Å². The van der Waals surface area contributed by atoms with Gasteiger partial charge < -0.3 is 10.6 Å². The fraction of sp³-hybridized carbons (Fsp3) is 0.529. The molecule has 2 aliphatic rings. The molecule has 8 heteroatoms. The summed E-state index contributed by atoms with van der Waals surface area (Å²) in [6, 6.07) is 6.19. The minimum atomic E-state index is -3.41. The van der Waals surface area contributed by atoms with Crippen molar-refractivity contribution in [2.75, 3.05) is 23.4 Å². The summed E-state index contributed by atoms with van der Waals surface area (Å²) in [7, 11) is -3.41. The lowest BCUT2D eigenvalue weighted by Crippen LogP contribution is -2.49. The van der Waals surface area contributed by atoms with Gasteiger partial charge >= 0.3 is 0 Å². The largest absolute Gasteiger partial charge is 0.326 e. The van der Waals surface area contributed by atoms with Crippen LogP contribution in [-0.4, -0.2) is 43.4 Å². The summed E-state index contributed by atoms with van der Waals surface area (Å²) in [5, 5.41) is 5.61. The highest BCUT2D eigenvalue weighted by atomic mass is 32.2. The molecule has 1 aromatic rings. The highest BCUT2D eigenvalue weighted by Gasteiger charge is 2.34. The highest BCUT2D eigenvalue weighted by Crippen LogP contribution is 2.30. The molecule has 1 atom stereocenters. The van der Waals surface area contributed by atoms with E-state index < -0.39 is 16.1 Å². The molecule has 0 spiro atoms. The van der Waals surface area contributed by atoms with Crippen LogP contribution in [-0.2, 0) is 19.6 Å². The van der Waals surface area contributed by atoms with E-state index in [2.05, 4.69) is 10.6 Å². The second kappa shape index (κ2) is 7.13. The normalized spacial score (nSPS) is 21.6. The van der Waals surface area contributed by atoms with Crippen LogP contribution in [0.25, 0.3) is 0 Å². The van der Waals surface area contributed by atoms with Gasteiger partial charge in [-0.25, -0.2) is 8.42 Å². The third kappa shape index (κ3) is 4.58. The molecule has 2 amide bonds. The Labute approximate surface area is 147 Å². The zero-order valence-corrected chi connectivity index (χ0v) is 15.0. The first-order chi connectivity index (χ1) is 11.8. The Hall–Kier alpha value is -1.93. The summed E-state index contributed by atoms with van der Waals surface area (Å²) < 4.78 is 25.0. The van der Waals surface area contributed by atoms with Gasteiger partial charge in [0.15, 0.2) is 0 Å². The lowest BCUT2D eigenvalue weighted by molar-refractivity contribution is -0.120. The Morgan fingerprint density at radius 3 is 2.04 bits per heavy atom. The zero-order valence-electron chi connectivity index (χ0n) is 14.2. The Morgan fingerprint density at radius 1 is 0.960 bits per heavy atom. The van der Waals surface area contributed by atoms with Gasteiger partial charge in [0.2, 0.25) is 21.8 Å². The molecule has 1 saturated heterocycles. The van der Waals surface area contributed by atoms with Crippen LogP contribution < -0.4 is 10.6 Å². The van der Waals surface area contributed by atoms with Crippen molar-refractivity contribution in [1.82, 2.24) is 4.31 Å². The number of sulfonamides is 1. The lowest BCUT2D eigenvalue weighted by atomic mass is 10.0. The molecule has 1 saturated carbocycles. The summed E-state index contributed by atoms with van der Waals surface area (Å²) in [5.41, 5.74) is 1.26. The third-order valence-electron chi connectivity index (χ3n) is 4.55. The average Bonchev–Trinajstić information content (AvgIpc) is 3.41. The second-order valence-corrected chi connectivity index (χ2v) is 8.65. The van der Waals surface area contributed by atoms with Crippen LogP contribution in [0.5, 0.6) is 0 Å². The van der Waals surface area contributed by atoms with Crippen LogP contribution in [0.4, 0.5) is 11.4 Å². The minimum Gasteiger partial charge on any atom is -0.326 e. The van der Waals surface area contributed by atoms with Gasteiger partial charge in [-0.05, 0) is 49.9 Å². The van der Waals surface area contributed by atoms with E-state index in [0.717, 1.165) is 31.9 Å². The zero-order chi connectivity index (χ0) is 18.0. The fourth-order valence-corrected chi connectivity index (χ4v) is 4.14. The molecule has 0 bridgehead atoms. The van der Waals surface area contributed by atoms with Gasteiger partial charge in [0.05, 0.1) is 6.26 Å². The molecule has 7 nitrogen and oxygen atoms in total. The number of rotatable bonds is 5. The molecule has 2 N–H and O–H groups in total. The maximum atomic E-state index is 12.5. The van der Waals surface area contributed by atoms with Gasteiger partial charge in [-0.1, -0.05) is 6.42 Å². The van der Waals surface area contributed by atoms with Crippen LogP contribution in [0.1, 0.15) is 32.1 Å². The summed E-state index contributed by atoms with van der Waals surface area (Å²) in [6.45, 7) is 0.378. The number of carbonyl (C=O) groups is 2. The predicted octanol–water partition coefficient (Wildman–Crippen LogP) is 1.79. The van der Waals surface area contributed by atoms with Crippen LogP contribution in [0.3, 0.4) is 0 Å². The highest BCUT2D eigenvalue weighted by molar-refractivity contribution is 7.88. The van der Waals surface area contributed by atoms with Gasteiger partial charge in [-0.2, -0.15) is 4.31 Å². The monoisotopic (exact) mass is 365 g/mol. The molecule has 0 unspecified atom stereocenters. The Kier molecular flexibility index (Phi) is 5.10. The van der Waals surface area contributed by atoms with Crippen molar-refractivity contribution in [3.8, 4) is 0 Å². The fourth-order valence-electron chi connectivity index (χ4n) is 3.02. The van der Waals surface area contributed by atoms with Crippen molar-refractivity contribution in [3.63, 3.8) is 0 Å². The van der Waals surface area contributed by atoms with Crippen molar-refractivity contribution in [3.05, 3.63) is 24.3 Å². The SMILES string of the molecule is CS(=O)(=O)N1CCCC[C@@H]1C(=O)Nc1ccc(NC(=O)C2CC2)cc1. The van der Waals surface area contributed by atoms with Gasteiger partial charge in [0.1, 0.15) is 6.04 Å². The Morgan fingerprint density at radius 2 is 1.52 bits per heavy atom. The van der Waals surface area contributed by atoms with Gasteiger partial charge in [-0.15, -0.1) is 0 Å². The van der Waals surface area contributed by atoms with Gasteiger partial charge in [-0.3, -0.25) is 9.59 Å². The molecule has 1 aliphatic heterocycles. The number of amides is 2. The molecule has 136 valence electrons. The molecule has 0 aromatic heterocycles. The number of anilines is 2. The average molecular weight is 365 g/mol. The second-order valence-electron chi connectivity index (χ2n) is 6.72. The number of nitrogens with one attached hydrogen (secondary N) is 2. The minimum absolute atomic E-state index is 0.0304. The van der Waals surface area contributed by atoms with Crippen LogP contribution >= 0.6 is 0 Å².